The SMILES string of the molecule is CCC(C)N1CCc2ccc(Cl)cc21. The van der Waals surface area contributed by atoms with Crippen LogP contribution in [0.4, 0.5) is 5.69 Å². The Balaban J connectivity index is 2.33. The number of fused-ring (bicyclic) bond motifs is 1. The van der Waals surface area contributed by atoms with E-state index in [0.29, 0.717) is 6.04 Å². The summed E-state index contributed by atoms with van der Waals surface area (Å²) >= 11 is 6.01. The quantitative estimate of drug-likeness (QED) is 0.721. The minimum absolute atomic E-state index is 0.620. The summed E-state index contributed by atoms with van der Waals surface area (Å²) in [5, 5.41) is 0.846. The Labute approximate surface area is 90.7 Å². The maximum atomic E-state index is 6.01. The van der Waals surface area contributed by atoms with Crippen LogP contribution >= 0.6 is 11.6 Å². The molecule has 0 saturated heterocycles. The van der Waals surface area contributed by atoms with E-state index in [4.69, 9.17) is 11.6 Å². The zero-order chi connectivity index (χ0) is 10.1. The number of anilines is 1. The number of nitrogens with zero attached hydrogens (tertiary/aromatic N) is 1. The van der Waals surface area contributed by atoms with E-state index in [1.807, 2.05) is 6.07 Å². The lowest BCUT2D eigenvalue weighted by Gasteiger charge is -2.26. The smallest absolute Gasteiger partial charge is 0.0426 e. The molecule has 1 nitrogen and oxygen atoms in total. The highest BCUT2D eigenvalue weighted by Gasteiger charge is 2.22. The Morgan fingerprint density at radius 1 is 1.50 bits per heavy atom. The standard InChI is InChI=1S/C12H16ClN/c1-3-9(2)14-7-6-10-4-5-11(13)8-12(10)14/h4-5,8-9H,3,6-7H2,1-2H3. The molecule has 1 atom stereocenters. The summed E-state index contributed by atoms with van der Waals surface area (Å²) in [5.74, 6) is 0. The fraction of sp³-hybridized carbons (Fsp3) is 0.500. The second-order valence-corrected chi connectivity index (χ2v) is 4.41. The second kappa shape index (κ2) is 3.82. The molecule has 0 N–H and O–H groups in total. The van der Waals surface area contributed by atoms with Crippen LogP contribution in [0.25, 0.3) is 0 Å². The average molecular weight is 210 g/mol. The van der Waals surface area contributed by atoms with E-state index in [1.54, 1.807) is 0 Å². The van der Waals surface area contributed by atoms with Crippen LogP contribution in [0.5, 0.6) is 0 Å². The Hall–Kier alpha value is -0.690. The Bertz CT molecular complexity index is 335. The Morgan fingerprint density at radius 3 is 3.00 bits per heavy atom. The highest BCUT2D eigenvalue weighted by molar-refractivity contribution is 6.30. The summed E-state index contributed by atoms with van der Waals surface area (Å²) in [5.41, 5.74) is 2.78. The normalized spacial score (nSPS) is 16.9. The van der Waals surface area contributed by atoms with Crippen molar-refractivity contribution in [2.24, 2.45) is 0 Å². The van der Waals surface area contributed by atoms with E-state index >= 15 is 0 Å². The van der Waals surface area contributed by atoms with Gasteiger partial charge in [-0.05, 0) is 37.5 Å². The predicted molar refractivity (Wildman–Crippen MR) is 62.3 cm³/mol. The summed E-state index contributed by atoms with van der Waals surface area (Å²) in [6.07, 6.45) is 2.35. The maximum absolute atomic E-state index is 6.01. The lowest BCUT2D eigenvalue weighted by Crippen LogP contribution is -2.30. The number of benzene rings is 1. The molecule has 0 amide bonds. The topological polar surface area (TPSA) is 3.24 Å². The minimum atomic E-state index is 0.620. The van der Waals surface area contributed by atoms with Crippen LogP contribution in [-0.2, 0) is 6.42 Å². The minimum Gasteiger partial charge on any atom is -0.368 e. The summed E-state index contributed by atoms with van der Waals surface area (Å²) < 4.78 is 0. The lowest BCUT2D eigenvalue weighted by molar-refractivity contribution is 0.635. The summed E-state index contributed by atoms with van der Waals surface area (Å²) in [6, 6.07) is 6.85. The molecule has 0 aromatic heterocycles. The Morgan fingerprint density at radius 2 is 2.29 bits per heavy atom. The molecule has 14 heavy (non-hydrogen) atoms. The number of rotatable bonds is 2. The molecule has 0 saturated carbocycles. The molecule has 1 aliphatic rings. The van der Waals surface area contributed by atoms with Gasteiger partial charge in [-0.3, -0.25) is 0 Å². The maximum Gasteiger partial charge on any atom is 0.0426 e. The molecule has 1 heterocycles. The largest absolute Gasteiger partial charge is 0.368 e. The third-order valence-electron chi connectivity index (χ3n) is 3.10. The molecule has 1 unspecified atom stereocenters. The first-order chi connectivity index (χ1) is 6.72. The van der Waals surface area contributed by atoms with E-state index in [9.17, 15) is 0 Å². The second-order valence-electron chi connectivity index (χ2n) is 3.97. The van der Waals surface area contributed by atoms with Crippen LogP contribution < -0.4 is 4.90 Å². The molecule has 1 aliphatic heterocycles. The van der Waals surface area contributed by atoms with Crippen LogP contribution in [0.15, 0.2) is 18.2 Å². The molecule has 0 fully saturated rings. The third kappa shape index (κ3) is 1.61. The molecular formula is C12H16ClN. The van der Waals surface area contributed by atoms with Gasteiger partial charge in [0.1, 0.15) is 0 Å². The molecule has 0 radical (unpaired) electrons. The first kappa shape index (κ1) is 9.85. The van der Waals surface area contributed by atoms with E-state index in [0.717, 1.165) is 18.0 Å². The molecular weight excluding hydrogens is 194 g/mol. The van der Waals surface area contributed by atoms with Gasteiger partial charge >= 0.3 is 0 Å². The van der Waals surface area contributed by atoms with Gasteiger partial charge in [-0.2, -0.15) is 0 Å². The highest BCUT2D eigenvalue weighted by Crippen LogP contribution is 2.32. The van der Waals surface area contributed by atoms with E-state index < -0.39 is 0 Å². The van der Waals surface area contributed by atoms with Crippen molar-refractivity contribution in [3.63, 3.8) is 0 Å². The summed E-state index contributed by atoms with van der Waals surface area (Å²) in [6.45, 7) is 5.65. The number of hydrogen-bond acceptors (Lipinski definition) is 1. The van der Waals surface area contributed by atoms with E-state index in [1.165, 1.54) is 17.7 Å². The van der Waals surface area contributed by atoms with Crippen molar-refractivity contribution < 1.29 is 0 Å². The van der Waals surface area contributed by atoms with Crippen LogP contribution in [0.3, 0.4) is 0 Å². The number of hydrogen-bond donors (Lipinski definition) is 0. The van der Waals surface area contributed by atoms with Crippen molar-refractivity contribution in [1.29, 1.82) is 0 Å². The summed E-state index contributed by atoms with van der Waals surface area (Å²) in [4.78, 5) is 2.46. The van der Waals surface area contributed by atoms with Gasteiger partial charge in [-0.15, -0.1) is 0 Å². The van der Waals surface area contributed by atoms with Crippen molar-refractivity contribution >= 4 is 17.3 Å². The van der Waals surface area contributed by atoms with Crippen LogP contribution in [0, 0.1) is 0 Å². The molecule has 0 spiro atoms. The lowest BCUT2D eigenvalue weighted by atomic mass is 10.1. The molecule has 76 valence electrons. The number of halogens is 1. The first-order valence-corrected chi connectivity index (χ1v) is 5.65. The fourth-order valence-electron chi connectivity index (χ4n) is 2.06. The van der Waals surface area contributed by atoms with Gasteiger partial charge in [0.25, 0.3) is 0 Å². The molecule has 1 aromatic carbocycles. The molecule has 2 rings (SSSR count). The third-order valence-corrected chi connectivity index (χ3v) is 3.34. The van der Waals surface area contributed by atoms with Gasteiger partial charge < -0.3 is 4.90 Å². The fourth-order valence-corrected chi connectivity index (χ4v) is 2.22. The zero-order valence-electron chi connectivity index (χ0n) is 8.76. The predicted octanol–water partition coefficient (Wildman–Crippen LogP) is 3.50. The Kier molecular flexibility index (Phi) is 2.69. The average Bonchev–Trinajstić information content (AvgIpc) is 2.59. The molecule has 1 aromatic rings. The van der Waals surface area contributed by atoms with Crippen molar-refractivity contribution in [2.75, 3.05) is 11.4 Å². The van der Waals surface area contributed by atoms with Crippen molar-refractivity contribution in [3.8, 4) is 0 Å². The van der Waals surface area contributed by atoms with E-state index in [2.05, 4.69) is 30.9 Å². The van der Waals surface area contributed by atoms with Gasteiger partial charge in [-0.25, -0.2) is 0 Å². The van der Waals surface area contributed by atoms with Crippen LogP contribution in [0.2, 0.25) is 5.02 Å². The van der Waals surface area contributed by atoms with Crippen molar-refractivity contribution in [1.82, 2.24) is 0 Å². The summed E-state index contributed by atoms with van der Waals surface area (Å²) in [7, 11) is 0. The van der Waals surface area contributed by atoms with Crippen molar-refractivity contribution in [2.45, 2.75) is 32.7 Å². The first-order valence-electron chi connectivity index (χ1n) is 5.27. The monoisotopic (exact) mass is 209 g/mol. The van der Waals surface area contributed by atoms with Gasteiger partial charge in [-0.1, -0.05) is 24.6 Å². The van der Waals surface area contributed by atoms with Crippen LogP contribution in [0.1, 0.15) is 25.8 Å². The van der Waals surface area contributed by atoms with Gasteiger partial charge in [0.15, 0.2) is 0 Å². The molecule has 2 heteroatoms. The zero-order valence-corrected chi connectivity index (χ0v) is 9.51. The molecule has 0 bridgehead atoms. The van der Waals surface area contributed by atoms with E-state index in [-0.39, 0.29) is 0 Å². The highest BCUT2D eigenvalue weighted by atomic mass is 35.5. The van der Waals surface area contributed by atoms with Gasteiger partial charge in [0, 0.05) is 23.3 Å². The van der Waals surface area contributed by atoms with Crippen molar-refractivity contribution in [3.05, 3.63) is 28.8 Å². The van der Waals surface area contributed by atoms with Crippen LogP contribution in [-0.4, -0.2) is 12.6 Å². The van der Waals surface area contributed by atoms with Gasteiger partial charge in [0.2, 0.25) is 0 Å². The van der Waals surface area contributed by atoms with Gasteiger partial charge in [0.05, 0.1) is 0 Å². The molecule has 0 aliphatic carbocycles.